The van der Waals surface area contributed by atoms with E-state index in [1.54, 1.807) is 18.3 Å². The molecule has 21 heavy (non-hydrogen) atoms. The van der Waals surface area contributed by atoms with Gasteiger partial charge < -0.3 is 5.11 Å². The van der Waals surface area contributed by atoms with Crippen LogP contribution in [0.15, 0.2) is 58.1 Å². The second-order valence-corrected chi connectivity index (χ2v) is 5.55. The summed E-state index contributed by atoms with van der Waals surface area (Å²) in [6.45, 7) is 0.102. The lowest BCUT2D eigenvalue weighted by Gasteiger charge is -2.12. The van der Waals surface area contributed by atoms with E-state index in [4.69, 9.17) is 0 Å². The molecule has 0 spiro atoms. The molecule has 0 amide bonds. The molecule has 1 aromatic carbocycles. The normalized spacial score (nSPS) is 12.5. The van der Waals surface area contributed by atoms with Crippen molar-refractivity contribution in [2.24, 2.45) is 0 Å². The number of aliphatic hydroxyl groups excluding tert-OH is 1. The van der Waals surface area contributed by atoms with Crippen LogP contribution in [0.5, 0.6) is 0 Å². The van der Waals surface area contributed by atoms with Crippen LogP contribution in [0, 0.1) is 0 Å². The fraction of sp³-hybridized carbons (Fsp3) is 0.133. The number of aliphatic hydroxyl groups is 1. The van der Waals surface area contributed by atoms with Gasteiger partial charge in [-0.05, 0) is 29.8 Å². The van der Waals surface area contributed by atoms with Crippen LogP contribution in [0.1, 0.15) is 11.7 Å². The SMILES string of the molecule is O=c1c2cccnc2cnn1C[C@H](O)c1ccc(Br)cc1. The van der Waals surface area contributed by atoms with Crippen molar-refractivity contribution >= 4 is 26.8 Å². The van der Waals surface area contributed by atoms with Crippen LogP contribution in [0.2, 0.25) is 0 Å². The summed E-state index contributed by atoms with van der Waals surface area (Å²) >= 11 is 3.34. The molecule has 2 heterocycles. The Bertz CT molecular complexity index is 830. The first-order valence-electron chi connectivity index (χ1n) is 6.39. The monoisotopic (exact) mass is 345 g/mol. The summed E-state index contributed by atoms with van der Waals surface area (Å²) in [5.74, 6) is 0. The second-order valence-electron chi connectivity index (χ2n) is 4.64. The van der Waals surface area contributed by atoms with E-state index in [9.17, 15) is 9.90 Å². The molecule has 0 saturated carbocycles. The minimum Gasteiger partial charge on any atom is -0.386 e. The largest absolute Gasteiger partial charge is 0.386 e. The molecule has 0 unspecified atom stereocenters. The smallest absolute Gasteiger partial charge is 0.276 e. The van der Waals surface area contributed by atoms with Crippen molar-refractivity contribution in [3.63, 3.8) is 0 Å². The first-order valence-corrected chi connectivity index (χ1v) is 7.19. The fourth-order valence-corrected chi connectivity index (χ4v) is 2.37. The van der Waals surface area contributed by atoms with Crippen LogP contribution in [-0.4, -0.2) is 19.9 Å². The lowest BCUT2D eigenvalue weighted by atomic mass is 10.1. The molecular weight excluding hydrogens is 334 g/mol. The molecule has 106 valence electrons. The van der Waals surface area contributed by atoms with Crippen LogP contribution >= 0.6 is 15.9 Å². The van der Waals surface area contributed by atoms with E-state index in [-0.39, 0.29) is 12.1 Å². The van der Waals surface area contributed by atoms with Gasteiger partial charge in [0.1, 0.15) is 0 Å². The van der Waals surface area contributed by atoms with Crippen LogP contribution in [0.25, 0.3) is 10.9 Å². The molecule has 0 fully saturated rings. The van der Waals surface area contributed by atoms with Gasteiger partial charge in [0.25, 0.3) is 5.56 Å². The highest BCUT2D eigenvalue weighted by atomic mass is 79.9. The molecule has 0 radical (unpaired) electrons. The Kier molecular flexibility index (Phi) is 3.81. The minimum absolute atomic E-state index is 0.102. The molecule has 6 heteroatoms. The van der Waals surface area contributed by atoms with Gasteiger partial charge in [-0.25, -0.2) is 4.68 Å². The molecule has 3 rings (SSSR count). The Morgan fingerprint density at radius 1 is 1.24 bits per heavy atom. The van der Waals surface area contributed by atoms with E-state index in [2.05, 4.69) is 26.0 Å². The van der Waals surface area contributed by atoms with E-state index < -0.39 is 6.10 Å². The van der Waals surface area contributed by atoms with Crippen LogP contribution < -0.4 is 5.56 Å². The summed E-state index contributed by atoms with van der Waals surface area (Å²) in [6, 6.07) is 10.7. The molecule has 1 N–H and O–H groups in total. The first kappa shape index (κ1) is 13.9. The molecule has 0 bridgehead atoms. The van der Waals surface area contributed by atoms with Crippen LogP contribution in [-0.2, 0) is 6.54 Å². The summed E-state index contributed by atoms with van der Waals surface area (Å²) in [4.78, 5) is 16.4. The van der Waals surface area contributed by atoms with Gasteiger partial charge in [0, 0.05) is 10.7 Å². The highest BCUT2D eigenvalue weighted by Gasteiger charge is 2.11. The van der Waals surface area contributed by atoms with Crippen molar-refractivity contribution in [3.8, 4) is 0 Å². The maximum absolute atomic E-state index is 12.3. The number of rotatable bonds is 3. The first-order chi connectivity index (χ1) is 10.1. The number of nitrogens with zero attached hydrogens (tertiary/aromatic N) is 3. The minimum atomic E-state index is -0.794. The van der Waals surface area contributed by atoms with Gasteiger partial charge in [-0.1, -0.05) is 28.1 Å². The van der Waals surface area contributed by atoms with Gasteiger partial charge in [0.2, 0.25) is 0 Å². The molecule has 0 aliphatic heterocycles. The molecule has 2 aromatic heterocycles. The highest BCUT2D eigenvalue weighted by Crippen LogP contribution is 2.17. The standard InChI is InChI=1S/C15H12BrN3O2/c16-11-5-3-10(4-6-11)14(20)9-19-15(21)12-2-1-7-17-13(12)8-18-19/h1-8,14,20H,9H2/t14-/m0/s1. The van der Waals surface area contributed by atoms with E-state index in [0.29, 0.717) is 10.9 Å². The van der Waals surface area contributed by atoms with Crippen molar-refractivity contribution in [2.45, 2.75) is 12.6 Å². The molecule has 3 aromatic rings. The van der Waals surface area contributed by atoms with Crippen molar-refractivity contribution in [2.75, 3.05) is 0 Å². The molecular formula is C15H12BrN3O2. The third-order valence-electron chi connectivity index (χ3n) is 3.22. The summed E-state index contributed by atoms with van der Waals surface area (Å²) in [5.41, 5.74) is 1.03. The summed E-state index contributed by atoms with van der Waals surface area (Å²) in [6.07, 6.45) is 2.35. The number of hydrogen-bond donors (Lipinski definition) is 1. The molecule has 0 aliphatic carbocycles. The Hall–Kier alpha value is -2.05. The van der Waals surface area contributed by atoms with E-state index in [0.717, 1.165) is 10.0 Å². The van der Waals surface area contributed by atoms with Gasteiger partial charge >= 0.3 is 0 Å². The van der Waals surface area contributed by atoms with Gasteiger partial charge in [-0.3, -0.25) is 9.78 Å². The lowest BCUT2D eigenvalue weighted by Crippen LogP contribution is -2.25. The lowest BCUT2D eigenvalue weighted by molar-refractivity contribution is 0.149. The predicted octanol–water partition coefficient (Wildman–Crippen LogP) is 2.29. The van der Waals surface area contributed by atoms with Crippen molar-refractivity contribution < 1.29 is 5.11 Å². The zero-order valence-electron chi connectivity index (χ0n) is 11.0. The second kappa shape index (κ2) is 5.75. The number of hydrogen-bond acceptors (Lipinski definition) is 4. The molecule has 5 nitrogen and oxygen atoms in total. The van der Waals surface area contributed by atoms with Gasteiger partial charge in [0.05, 0.1) is 29.7 Å². The van der Waals surface area contributed by atoms with Gasteiger partial charge in [-0.2, -0.15) is 5.10 Å². The number of benzene rings is 1. The molecule has 0 aliphatic rings. The summed E-state index contributed by atoms with van der Waals surface area (Å²) in [7, 11) is 0. The zero-order valence-corrected chi connectivity index (χ0v) is 12.6. The maximum atomic E-state index is 12.3. The summed E-state index contributed by atoms with van der Waals surface area (Å²) in [5, 5.41) is 14.8. The number of halogens is 1. The molecule has 0 saturated heterocycles. The van der Waals surface area contributed by atoms with E-state index >= 15 is 0 Å². The fourth-order valence-electron chi connectivity index (χ4n) is 2.10. The maximum Gasteiger partial charge on any atom is 0.276 e. The van der Waals surface area contributed by atoms with E-state index in [1.165, 1.54) is 10.9 Å². The Morgan fingerprint density at radius 3 is 2.76 bits per heavy atom. The van der Waals surface area contributed by atoms with Crippen LogP contribution in [0.4, 0.5) is 0 Å². The van der Waals surface area contributed by atoms with Crippen molar-refractivity contribution in [1.29, 1.82) is 0 Å². The Balaban J connectivity index is 1.93. The number of fused-ring (bicyclic) bond motifs is 1. The third kappa shape index (κ3) is 2.86. The Labute approximate surface area is 129 Å². The molecule has 1 atom stereocenters. The third-order valence-corrected chi connectivity index (χ3v) is 3.75. The Morgan fingerprint density at radius 2 is 2.00 bits per heavy atom. The number of pyridine rings is 1. The predicted molar refractivity (Wildman–Crippen MR) is 82.9 cm³/mol. The van der Waals surface area contributed by atoms with Crippen molar-refractivity contribution in [1.82, 2.24) is 14.8 Å². The topological polar surface area (TPSA) is 68.0 Å². The number of aromatic nitrogens is 3. The zero-order chi connectivity index (χ0) is 14.8. The van der Waals surface area contributed by atoms with E-state index in [1.807, 2.05) is 24.3 Å². The van der Waals surface area contributed by atoms with Gasteiger partial charge in [-0.15, -0.1) is 0 Å². The quantitative estimate of drug-likeness (QED) is 0.790. The summed E-state index contributed by atoms with van der Waals surface area (Å²) < 4.78 is 2.20. The highest BCUT2D eigenvalue weighted by molar-refractivity contribution is 9.10. The van der Waals surface area contributed by atoms with Gasteiger partial charge in [0.15, 0.2) is 0 Å². The van der Waals surface area contributed by atoms with Crippen LogP contribution in [0.3, 0.4) is 0 Å². The van der Waals surface area contributed by atoms with Crippen molar-refractivity contribution in [3.05, 3.63) is 69.2 Å². The average molecular weight is 346 g/mol. The average Bonchev–Trinajstić information content (AvgIpc) is 2.51.